The normalized spacial score (nSPS) is 21.9. The van der Waals surface area contributed by atoms with Crippen LogP contribution in [0.25, 0.3) is 11.2 Å². The Kier molecular flexibility index (Phi) is 5.81. The number of piperidine rings is 1. The summed E-state index contributed by atoms with van der Waals surface area (Å²) in [6.45, 7) is 5.90. The van der Waals surface area contributed by atoms with E-state index in [9.17, 15) is 13.2 Å². The lowest BCUT2D eigenvalue weighted by atomic mass is 9.91. The number of aromatic nitrogens is 5. The highest BCUT2D eigenvalue weighted by molar-refractivity contribution is 5.71. The molecule has 33 heavy (non-hydrogen) atoms. The second-order valence-electron chi connectivity index (χ2n) is 8.94. The van der Waals surface area contributed by atoms with Gasteiger partial charge in [-0.2, -0.15) is 18.3 Å². The standard InChI is InChI=1S/C22H25F3N6O2/c1-14-5-15(13-33-18-3-2-4-26-20(18)22(23,24)25)9-30(8-14)19-7-27-17-6-28-31(21(17)29-19)10-16-11-32-12-16/h2-4,6-7,14-16H,5,8-13H2,1H3/t14-,15-/m0/s1. The second-order valence-corrected chi connectivity index (χ2v) is 8.94. The SMILES string of the molecule is C[C@H]1C[C@H](COc2cccnc2C(F)(F)F)CN(c2cnc3cnn(CC4COC4)c3n2)C1. The van der Waals surface area contributed by atoms with E-state index in [0.29, 0.717) is 18.4 Å². The molecule has 2 aliphatic heterocycles. The molecule has 2 atom stereocenters. The zero-order chi connectivity index (χ0) is 23.0. The van der Waals surface area contributed by atoms with Crippen LogP contribution in [-0.2, 0) is 17.5 Å². The molecule has 5 heterocycles. The van der Waals surface area contributed by atoms with Gasteiger partial charge in [0, 0.05) is 31.1 Å². The molecule has 0 aliphatic carbocycles. The highest BCUT2D eigenvalue weighted by atomic mass is 19.4. The number of anilines is 1. The van der Waals surface area contributed by atoms with Gasteiger partial charge in [-0.05, 0) is 24.5 Å². The van der Waals surface area contributed by atoms with Gasteiger partial charge >= 0.3 is 6.18 Å². The molecule has 2 saturated heterocycles. The summed E-state index contributed by atoms with van der Waals surface area (Å²) in [6.07, 6.45) is 0.875. The monoisotopic (exact) mass is 462 g/mol. The predicted octanol–water partition coefficient (Wildman–Crippen LogP) is 3.43. The first kappa shape index (κ1) is 21.9. The minimum Gasteiger partial charge on any atom is -0.491 e. The topological polar surface area (TPSA) is 78.2 Å². The van der Waals surface area contributed by atoms with Gasteiger partial charge in [-0.3, -0.25) is 0 Å². The van der Waals surface area contributed by atoms with Gasteiger partial charge in [-0.1, -0.05) is 6.92 Å². The number of fused-ring (bicyclic) bond motifs is 1. The van der Waals surface area contributed by atoms with Crippen molar-refractivity contribution in [1.82, 2.24) is 24.7 Å². The summed E-state index contributed by atoms with van der Waals surface area (Å²) in [5.74, 6) is 1.31. The van der Waals surface area contributed by atoms with Crippen LogP contribution < -0.4 is 9.64 Å². The molecule has 11 heteroatoms. The fourth-order valence-corrected chi connectivity index (χ4v) is 4.48. The summed E-state index contributed by atoms with van der Waals surface area (Å²) >= 11 is 0. The number of nitrogens with zero attached hydrogens (tertiary/aromatic N) is 6. The highest BCUT2D eigenvalue weighted by Crippen LogP contribution is 2.35. The number of alkyl halides is 3. The van der Waals surface area contributed by atoms with E-state index in [1.54, 1.807) is 12.4 Å². The number of pyridine rings is 1. The van der Waals surface area contributed by atoms with Crippen LogP contribution in [0.15, 0.2) is 30.7 Å². The van der Waals surface area contributed by atoms with Crippen LogP contribution in [0.2, 0.25) is 0 Å². The molecule has 176 valence electrons. The minimum absolute atomic E-state index is 0.0459. The van der Waals surface area contributed by atoms with E-state index < -0.39 is 11.9 Å². The molecule has 0 unspecified atom stereocenters. The van der Waals surface area contributed by atoms with Crippen molar-refractivity contribution in [2.75, 3.05) is 37.8 Å². The van der Waals surface area contributed by atoms with Crippen molar-refractivity contribution >= 4 is 17.0 Å². The molecule has 0 spiro atoms. The van der Waals surface area contributed by atoms with Crippen molar-refractivity contribution < 1.29 is 22.6 Å². The van der Waals surface area contributed by atoms with Crippen molar-refractivity contribution in [3.05, 3.63) is 36.4 Å². The smallest absolute Gasteiger partial charge is 0.437 e. The first-order valence-corrected chi connectivity index (χ1v) is 11.0. The Morgan fingerprint density at radius 1 is 1.15 bits per heavy atom. The van der Waals surface area contributed by atoms with E-state index in [-0.39, 0.29) is 18.3 Å². The van der Waals surface area contributed by atoms with E-state index in [2.05, 4.69) is 26.9 Å². The number of hydrogen-bond donors (Lipinski definition) is 0. The molecule has 0 amide bonds. The van der Waals surface area contributed by atoms with Crippen molar-refractivity contribution in [2.24, 2.45) is 17.8 Å². The number of halogens is 3. The number of ether oxygens (including phenoxy) is 2. The van der Waals surface area contributed by atoms with E-state index >= 15 is 0 Å². The maximum Gasteiger partial charge on any atom is 0.437 e. The Bertz CT molecular complexity index is 1120. The van der Waals surface area contributed by atoms with Gasteiger partial charge in [0.05, 0.1) is 38.8 Å². The van der Waals surface area contributed by atoms with Crippen LogP contribution in [0.3, 0.4) is 0 Å². The van der Waals surface area contributed by atoms with Crippen LogP contribution in [0, 0.1) is 17.8 Å². The Hall–Kier alpha value is -2.95. The Balaban J connectivity index is 1.30. The van der Waals surface area contributed by atoms with E-state index in [4.69, 9.17) is 14.5 Å². The van der Waals surface area contributed by atoms with Crippen molar-refractivity contribution in [3.63, 3.8) is 0 Å². The minimum atomic E-state index is -4.55. The predicted molar refractivity (Wildman–Crippen MR) is 114 cm³/mol. The zero-order valence-electron chi connectivity index (χ0n) is 18.2. The van der Waals surface area contributed by atoms with Gasteiger partial charge in [-0.25, -0.2) is 19.6 Å². The van der Waals surface area contributed by atoms with Crippen LogP contribution >= 0.6 is 0 Å². The maximum absolute atomic E-state index is 13.2. The van der Waals surface area contributed by atoms with Crippen molar-refractivity contribution in [1.29, 1.82) is 0 Å². The van der Waals surface area contributed by atoms with E-state index in [1.807, 2.05) is 4.68 Å². The number of hydrogen-bond acceptors (Lipinski definition) is 7. The summed E-state index contributed by atoms with van der Waals surface area (Å²) in [6, 6.07) is 2.76. The molecular formula is C22H25F3N6O2. The zero-order valence-corrected chi connectivity index (χ0v) is 18.2. The highest BCUT2D eigenvalue weighted by Gasteiger charge is 2.36. The lowest BCUT2D eigenvalue weighted by Crippen LogP contribution is -2.42. The average Bonchev–Trinajstić information content (AvgIpc) is 3.16. The molecule has 0 radical (unpaired) electrons. The first-order valence-electron chi connectivity index (χ1n) is 11.0. The third-order valence-electron chi connectivity index (χ3n) is 6.05. The van der Waals surface area contributed by atoms with Gasteiger partial charge in [0.2, 0.25) is 0 Å². The molecule has 2 aliphatic rings. The summed E-state index contributed by atoms with van der Waals surface area (Å²) in [7, 11) is 0. The molecule has 8 nitrogen and oxygen atoms in total. The molecule has 0 saturated carbocycles. The summed E-state index contributed by atoms with van der Waals surface area (Å²) in [4.78, 5) is 14.9. The molecule has 5 rings (SSSR count). The molecular weight excluding hydrogens is 437 g/mol. The van der Waals surface area contributed by atoms with Gasteiger partial charge in [-0.15, -0.1) is 0 Å². The molecule has 3 aromatic rings. The lowest BCUT2D eigenvalue weighted by molar-refractivity contribution is -0.142. The van der Waals surface area contributed by atoms with E-state index in [0.717, 1.165) is 55.9 Å². The Morgan fingerprint density at radius 3 is 2.76 bits per heavy atom. The Labute approximate surface area is 188 Å². The van der Waals surface area contributed by atoms with Crippen LogP contribution in [0.4, 0.5) is 19.0 Å². The Morgan fingerprint density at radius 2 is 2.00 bits per heavy atom. The maximum atomic E-state index is 13.2. The first-order chi connectivity index (χ1) is 15.9. The molecule has 0 bridgehead atoms. The van der Waals surface area contributed by atoms with Crippen molar-refractivity contribution in [3.8, 4) is 5.75 Å². The largest absolute Gasteiger partial charge is 0.491 e. The quantitative estimate of drug-likeness (QED) is 0.555. The summed E-state index contributed by atoms with van der Waals surface area (Å²) in [5, 5.41) is 4.42. The molecule has 0 N–H and O–H groups in total. The summed E-state index contributed by atoms with van der Waals surface area (Å²) < 4.78 is 52.4. The van der Waals surface area contributed by atoms with Crippen LogP contribution in [0.1, 0.15) is 19.0 Å². The lowest BCUT2D eigenvalue weighted by Gasteiger charge is -2.37. The van der Waals surface area contributed by atoms with Gasteiger partial charge in [0.25, 0.3) is 0 Å². The fourth-order valence-electron chi connectivity index (χ4n) is 4.48. The summed E-state index contributed by atoms with van der Waals surface area (Å²) in [5.41, 5.74) is 0.475. The number of rotatable bonds is 6. The average molecular weight is 462 g/mol. The van der Waals surface area contributed by atoms with Gasteiger partial charge < -0.3 is 14.4 Å². The third kappa shape index (κ3) is 4.73. The van der Waals surface area contributed by atoms with Gasteiger partial charge in [0.1, 0.15) is 17.1 Å². The fraction of sp³-hybridized carbons (Fsp3) is 0.545. The molecule has 3 aromatic heterocycles. The van der Waals surface area contributed by atoms with Crippen LogP contribution in [0.5, 0.6) is 5.75 Å². The van der Waals surface area contributed by atoms with E-state index in [1.165, 1.54) is 12.1 Å². The molecule has 2 fully saturated rings. The van der Waals surface area contributed by atoms with Crippen LogP contribution in [-0.4, -0.2) is 57.6 Å². The second kappa shape index (κ2) is 8.77. The third-order valence-corrected chi connectivity index (χ3v) is 6.05. The molecule has 0 aromatic carbocycles. The van der Waals surface area contributed by atoms with Crippen molar-refractivity contribution in [2.45, 2.75) is 26.1 Å². The van der Waals surface area contributed by atoms with Gasteiger partial charge in [0.15, 0.2) is 11.3 Å².